The largest absolute Gasteiger partial charge is 0.487 e. The van der Waals surface area contributed by atoms with Crippen LogP contribution in [0.25, 0.3) is 6.08 Å². The molecule has 7 nitrogen and oxygen atoms in total. The molecule has 3 aromatic carbocycles. The van der Waals surface area contributed by atoms with Gasteiger partial charge in [-0.1, -0.05) is 30.3 Å². The van der Waals surface area contributed by atoms with Crippen molar-refractivity contribution in [2.75, 3.05) is 5.32 Å². The summed E-state index contributed by atoms with van der Waals surface area (Å²) in [5.74, 6) is 0.108. The topological polar surface area (TPSA) is 105 Å². The lowest BCUT2D eigenvalue weighted by Crippen LogP contribution is -2.14. The van der Waals surface area contributed by atoms with Gasteiger partial charge in [0.15, 0.2) is 0 Å². The second kappa shape index (κ2) is 11.6. The van der Waals surface area contributed by atoms with E-state index in [1.807, 2.05) is 48.5 Å². The minimum absolute atomic E-state index is 0.107. The third-order valence-corrected chi connectivity index (χ3v) is 6.59. The fourth-order valence-electron chi connectivity index (χ4n) is 2.75. The van der Waals surface area contributed by atoms with Crippen molar-refractivity contribution in [2.45, 2.75) is 6.61 Å². The molecule has 1 N–H and O–H groups in total. The number of amides is 1. The van der Waals surface area contributed by atoms with Gasteiger partial charge >= 0.3 is 0 Å². The van der Waals surface area contributed by atoms with Crippen LogP contribution in [0.5, 0.6) is 5.75 Å². The molecular formula is C23H14BrI2N3O4. The molecule has 0 saturated carbocycles. The lowest BCUT2D eigenvalue weighted by Gasteiger charge is -2.12. The molecule has 0 aromatic heterocycles. The number of anilines is 1. The van der Waals surface area contributed by atoms with Gasteiger partial charge in [-0.2, -0.15) is 5.26 Å². The third kappa shape index (κ3) is 6.75. The standard InChI is InChI=1S/C23H14BrI2N3O4/c24-18-11-17(29(31)32)6-7-21(18)28-23(30)16(12-27)8-15-9-19(25)22(20(26)10-15)33-13-14-4-2-1-3-5-14/h1-11H,13H2,(H,28,30)/b16-8-. The highest BCUT2D eigenvalue weighted by molar-refractivity contribution is 14.1. The van der Waals surface area contributed by atoms with Gasteiger partial charge in [0.05, 0.1) is 17.8 Å². The summed E-state index contributed by atoms with van der Waals surface area (Å²) in [5.41, 5.74) is 1.82. The minimum Gasteiger partial charge on any atom is -0.487 e. The molecule has 166 valence electrons. The molecule has 0 atom stereocenters. The van der Waals surface area contributed by atoms with Gasteiger partial charge < -0.3 is 10.1 Å². The van der Waals surface area contributed by atoms with E-state index in [1.165, 1.54) is 24.3 Å². The Hall–Kier alpha value is -2.50. The Kier molecular flexibility index (Phi) is 8.81. The van der Waals surface area contributed by atoms with Crippen molar-refractivity contribution in [2.24, 2.45) is 0 Å². The molecule has 0 unspecified atom stereocenters. The highest BCUT2D eigenvalue weighted by Gasteiger charge is 2.15. The maximum atomic E-state index is 12.6. The molecule has 0 fully saturated rings. The second-order valence-electron chi connectivity index (χ2n) is 6.63. The molecule has 10 heteroatoms. The van der Waals surface area contributed by atoms with Crippen LogP contribution in [0.3, 0.4) is 0 Å². The highest BCUT2D eigenvalue weighted by atomic mass is 127. The summed E-state index contributed by atoms with van der Waals surface area (Å²) >= 11 is 7.52. The number of rotatable bonds is 7. The number of hydrogen-bond donors (Lipinski definition) is 1. The average molecular weight is 730 g/mol. The van der Waals surface area contributed by atoms with Crippen LogP contribution in [-0.4, -0.2) is 10.8 Å². The van der Waals surface area contributed by atoms with Crippen LogP contribution in [0.2, 0.25) is 0 Å². The van der Waals surface area contributed by atoms with E-state index in [0.29, 0.717) is 22.3 Å². The Balaban J connectivity index is 1.78. The Morgan fingerprint density at radius 2 is 1.82 bits per heavy atom. The van der Waals surface area contributed by atoms with Crippen molar-refractivity contribution in [3.63, 3.8) is 0 Å². The fourth-order valence-corrected chi connectivity index (χ4v) is 5.35. The van der Waals surface area contributed by atoms with Crippen LogP contribution >= 0.6 is 61.1 Å². The van der Waals surface area contributed by atoms with Crippen LogP contribution < -0.4 is 10.1 Å². The van der Waals surface area contributed by atoms with Gasteiger partial charge in [-0.3, -0.25) is 14.9 Å². The molecule has 0 bridgehead atoms. The number of ether oxygens (including phenoxy) is 1. The molecule has 33 heavy (non-hydrogen) atoms. The Labute approximate surface area is 225 Å². The third-order valence-electron chi connectivity index (χ3n) is 4.33. The molecule has 0 heterocycles. The van der Waals surface area contributed by atoms with E-state index in [0.717, 1.165) is 18.5 Å². The zero-order chi connectivity index (χ0) is 24.0. The summed E-state index contributed by atoms with van der Waals surface area (Å²) in [4.78, 5) is 23.0. The summed E-state index contributed by atoms with van der Waals surface area (Å²) in [5, 5.41) is 23.0. The number of carbonyl (C=O) groups excluding carboxylic acids is 1. The van der Waals surface area contributed by atoms with Crippen molar-refractivity contribution in [3.05, 3.63) is 99.1 Å². The number of benzene rings is 3. The number of nitrogens with one attached hydrogen (secondary N) is 1. The van der Waals surface area contributed by atoms with E-state index >= 15 is 0 Å². The first-order valence-corrected chi connectivity index (χ1v) is 12.3. The van der Waals surface area contributed by atoms with Crippen molar-refractivity contribution < 1.29 is 14.5 Å². The zero-order valence-corrected chi connectivity index (χ0v) is 22.6. The van der Waals surface area contributed by atoms with E-state index in [4.69, 9.17) is 4.74 Å². The number of non-ortho nitro benzene ring substituents is 1. The lowest BCUT2D eigenvalue weighted by atomic mass is 10.1. The maximum Gasteiger partial charge on any atom is 0.270 e. The van der Waals surface area contributed by atoms with Gasteiger partial charge in [0, 0.05) is 16.6 Å². The number of halogens is 3. The average Bonchev–Trinajstić information content (AvgIpc) is 2.78. The van der Waals surface area contributed by atoms with E-state index < -0.39 is 10.8 Å². The van der Waals surface area contributed by atoms with E-state index in [2.05, 4.69) is 66.4 Å². The quantitative estimate of drug-likeness (QED) is 0.0960. The van der Waals surface area contributed by atoms with Gasteiger partial charge in [0.25, 0.3) is 11.6 Å². The predicted molar refractivity (Wildman–Crippen MR) is 146 cm³/mol. The Morgan fingerprint density at radius 3 is 2.39 bits per heavy atom. The Bertz CT molecular complexity index is 1270. The predicted octanol–water partition coefficient (Wildman–Crippen LogP) is 6.69. The summed E-state index contributed by atoms with van der Waals surface area (Å²) in [6, 6.07) is 19.3. The molecule has 3 aromatic rings. The van der Waals surface area contributed by atoms with Gasteiger partial charge in [0.2, 0.25) is 0 Å². The van der Waals surface area contributed by atoms with E-state index in [1.54, 1.807) is 0 Å². The number of nitro groups is 1. The number of nitrogens with zero attached hydrogens (tertiary/aromatic N) is 2. The van der Waals surface area contributed by atoms with Gasteiger partial charge in [-0.25, -0.2) is 0 Å². The number of carbonyl (C=O) groups is 1. The maximum absolute atomic E-state index is 12.6. The summed E-state index contributed by atoms with van der Waals surface area (Å²) < 4.78 is 8.00. The van der Waals surface area contributed by atoms with Crippen LogP contribution in [0.15, 0.2) is 70.7 Å². The smallest absolute Gasteiger partial charge is 0.270 e. The minimum atomic E-state index is -0.624. The molecule has 0 spiro atoms. The monoisotopic (exact) mass is 729 g/mol. The van der Waals surface area contributed by atoms with Gasteiger partial charge in [-0.05, 0) is 96.5 Å². The van der Waals surface area contributed by atoms with Crippen molar-refractivity contribution in [3.8, 4) is 11.8 Å². The van der Waals surface area contributed by atoms with Crippen molar-refractivity contribution in [1.29, 1.82) is 5.26 Å². The molecule has 3 rings (SSSR count). The van der Waals surface area contributed by atoms with Gasteiger partial charge in [-0.15, -0.1) is 0 Å². The molecule has 0 aliphatic rings. The van der Waals surface area contributed by atoms with Crippen LogP contribution in [-0.2, 0) is 11.4 Å². The number of nitro benzene ring substituents is 1. The zero-order valence-electron chi connectivity index (χ0n) is 16.7. The fraction of sp³-hybridized carbons (Fsp3) is 0.0435. The molecule has 1 amide bonds. The normalized spacial score (nSPS) is 10.9. The second-order valence-corrected chi connectivity index (χ2v) is 9.81. The molecular weight excluding hydrogens is 716 g/mol. The van der Waals surface area contributed by atoms with Crippen LogP contribution in [0.1, 0.15) is 11.1 Å². The van der Waals surface area contributed by atoms with Crippen LogP contribution in [0.4, 0.5) is 11.4 Å². The van der Waals surface area contributed by atoms with E-state index in [9.17, 15) is 20.2 Å². The summed E-state index contributed by atoms with van der Waals surface area (Å²) in [6.45, 7) is 0.429. The SMILES string of the molecule is N#C/C(=C/c1cc(I)c(OCc2ccccc2)c(I)c1)C(=O)Nc1ccc([N+](=O)[O-])cc1Br. The number of hydrogen-bond acceptors (Lipinski definition) is 5. The highest BCUT2D eigenvalue weighted by Crippen LogP contribution is 2.31. The molecule has 0 aliphatic carbocycles. The van der Waals surface area contributed by atoms with E-state index in [-0.39, 0.29) is 11.3 Å². The number of nitriles is 1. The van der Waals surface area contributed by atoms with Crippen molar-refractivity contribution >= 4 is 84.5 Å². The van der Waals surface area contributed by atoms with Gasteiger partial charge in [0.1, 0.15) is 24.0 Å². The Morgan fingerprint density at radius 1 is 1.15 bits per heavy atom. The first-order valence-electron chi connectivity index (χ1n) is 9.31. The molecule has 0 radical (unpaired) electrons. The van der Waals surface area contributed by atoms with Crippen molar-refractivity contribution in [1.82, 2.24) is 0 Å². The molecule has 0 saturated heterocycles. The summed E-state index contributed by atoms with van der Waals surface area (Å²) in [7, 11) is 0. The molecule has 0 aliphatic heterocycles. The summed E-state index contributed by atoms with van der Waals surface area (Å²) in [6.07, 6.45) is 1.49. The first kappa shape index (κ1) is 25.1. The van der Waals surface area contributed by atoms with Crippen LogP contribution in [0, 0.1) is 28.6 Å². The lowest BCUT2D eigenvalue weighted by molar-refractivity contribution is -0.384. The first-order chi connectivity index (χ1) is 15.8.